The molecule has 25 heavy (non-hydrogen) atoms. The van der Waals surface area contributed by atoms with Crippen LogP contribution in [-0.4, -0.2) is 17.9 Å². The molecule has 2 aromatic rings. The van der Waals surface area contributed by atoms with Gasteiger partial charge < -0.3 is 4.74 Å². The average Bonchev–Trinajstić information content (AvgIpc) is 3.44. The number of aliphatic imine (C=N–C) groups is 1. The standard InChI is InChI=1S/C19H13F2N3O/c1-13(19(11-25-19)16-5-4-15(20)9-17(16)21)14-3-6-18(23-10-14)24-8-2-7-22-12-24/h3-10,12H,1,11H2. The maximum absolute atomic E-state index is 14.2. The largest absolute Gasteiger partial charge is 0.359 e. The molecule has 1 aromatic carbocycles. The van der Waals surface area contributed by atoms with Gasteiger partial charge in [0.15, 0.2) is 0 Å². The van der Waals surface area contributed by atoms with E-state index in [1.165, 1.54) is 12.1 Å². The zero-order valence-electron chi connectivity index (χ0n) is 13.1. The van der Waals surface area contributed by atoms with Gasteiger partial charge in [-0.3, -0.25) is 4.90 Å². The summed E-state index contributed by atoms with van der Waals surface area (Å²) in [6.07, 6.45) is 6.52. The number of pyridine rings is 1. The van der Waals surface area contributed by atoms with E-state index in [1.807, 2.05) is 6.07 Å². The van der Waals surface area contributed by atoms with Crippen LogP contribution in [-0.2, 0) is 10.3 Å². The van der Waals surface area contributed by atoms with Gasteiger partial charge in [0.05, 0.1) is 19.0 Å². The number of aromatic nitrogens is 1. The van der Waals surface area contributed by atoms with Gasteiger partial charge >= 0.3 is 0 Å². The summed E-state index contributed by atoms with van der Waals surface area (Å²) < 4.78 is 32.8. The molecular weight excluding hydrogens is 324 g/mol. The summed E-state index contributed by atoms with van der Waals surface area (Å²) in [5, 5.41) is 0. The summed E-state index contributed by atoms with van der Waals surface area (Å²) in [7, 11) is 0. The van der Waals surface area contributed by atoms with Crippen LogP contribution in [0.3, 0.4) is 0 Å². The summed E-state index contributed by atoms with van der Waals surface area (Å²) in [5.41, 5.74) is 3.48. The molecule has 0 spiro atoms. The lowest BCUT2D eigenvalue weighted by atomic mass is 9.88. The molecule has 0 amide bonds. The first-order chi connectivity index (χ1) is 12.1. The Kier molecular flexibility index (Phi) is 3.57. The fourth-order valence-electron chi connectivity index (χ4n) is 2.75. The second-order valence-corrected chi connectivity index (χ2v) is 5.72. The van der Waals surface area contributed by atoms with E-state index >= 15 is 0 Å². The number of epoxide rings is 1. The van der Waals surface area contributed by atoms with E-state index in [4.69, 9.17) is 4.74 Å². The number of benzene rings is 1. The quantitative estimate of drug-likeness (QED) is 0.630. The van der Waals surface area contributed by atoms with E-state index in [0.29, 0.717) is 18.0 Å². The van der Waals surface area contributed by atoms with Crippen LogP contribution in [0.25, 0.3) is 5.57 Å². The molecule has 0 saturated carbocycles. The molecule has 0 bridgehead atoms. The Bertz CT molecular complexity index is 940. The molecule has 1 fully saturated rings. The number of hydrogen-bond acceptors (Lipinski definition) is 4. The van der Waals surface area contributed by atoms with Crippen molar-refractivity contribution in [1.82, 2.24) is 4.98 Å². The smallest absolute Gasteiger partial charge is 0.144 e. The molecule has 4 rings (SSSR count). The zero-order valence-corrected chi connectivity index (χ0v) is 13.1. The summed E-state index contributed by atoms with van der Waals surface area (Å²) in [6, 6.07) is 7.09. The first kappa shape index (κ1) is 15.4. The van der Waals surface area contributed by atoms with Crippen molar-refractivity contribution in [2.24, 2.45) is 4.99 Å². The Balaban J connectivity index is 1.62. The third-order valence-corrected chi connectivity index (χ3v) is 4.20. The van der Waals surface area contributed by atoms with Crippen LogP contribution in [0.4, 0.5) is 14.6 Å². The predicted molar refractivity (Wildman–Crippen MR) is 90.9 cm³/mol. The SMILES string of the molecule is C=C(c1ccc(N2C=C=CN=C2)nc1)C1(c2ccc(F)cc2F)CO1. The number of halogens is 2. The maximum atomic E-state index is 14.2. The average molecular weight is 337 g/mol. The summed E-state index contributed by atoms with van der Waals surface area (Å²) in [4.78, 5) is 10.1. The van der Waals surface area contributed by atoms with Crippen LogP contribution >= 0.6 is 0 Å². The molecular formula is C19H13F2N3O. The Morgan fingerprint density at radius 1 is 1.28 bits per heavy atom. The van der Waals surface area contributed by atoms with E-state index < -0.39 is 17.2 Å². The van der Waals surface area contributed by atoms with Gasteiger partial charge in [-0.05, 0) is 35.4 Å². The minimum Gasteiger partial charge on any atom is -0.359 e. The molecule has 1 unspecified atom stereocenters. The summed E-state index contributed by atoms with van der Waals surface area (Å²) in [6.45, 7) is 4.34. The first-order valence-electron chi connectivity index (χ1n) is 7.58. The molecule has 0 radical (unpaired) electrons. The Morgan fingerprint density at radius 2 is 2.12 bits per heavy atom. The van der Waals surface area contributed by atoms with Gasteiger partial charge in [-0.2, -0.15) is 0 Å². The van der Waals surface area contributed by atoms with E-state index in [-0.39, 0.29) is 5.56 Å². The molecule has 4 nitrogen and oxygen atoms in total. The molecule has 2 aliphatic rings. The third kappa shape index (κ3) is 2.67. The Hall–Kier alpha value is -3.08. The zero-order chi connectivity index (χ0) is 17.4. The number of anilines is 1. The van der Waals surface area contributed by atoms with Crippen molar-refractivity contribution < 1.29 is 13.5 Å². The van der Waals surface area contributed by atoms with Crippen molar-refractivity contribution in [3.05, 3.63) is 84.0 Å². The van der Waals surface area contributed by atoms with Crippen LogP contribution < -0.4 is 4.90 Å². The second kappa shape index (κ2) is 5.77. The number of hydrogen-bond donors (Lipinski definition) is 0. The fraction of sp³-hybridized carbons (Fsp3) is 0.105. The van der Waals surface area contributed by atoms with E-state index in [9.17, 15) is 8.78 Å². The molecule has 3 heterocycles. The van der Waals surface area contributed by atoms with Crippen molar-refractivity contribution in [1.29, 1.82) is 0 Å². The molecule has 6 heteroatoms. The Morgan fingerprint density at radius 3 is 2.72 bits per heavy atom. The molecule has 0 N–H and O–H groups in total. The predicted octanol–water partition coefficient (Wildman–Crippen LogP) is 3.77. The van der Waals surface area contributed by atoms with Crippen LogP contribution in [0.2, 0.25) is 0 Å². The van der Waals surface area contributed by atoms with Gasteiger partial charge in [0.2, 0.25) is 0 Å². The molecule has 2 aliphatic heterocycles. The normalized spacial score (nSPS) is 20.8. The molecule has 0 aliphatic carbocycles. The molecule has 1 saturated heterocycles. The van der Waals surface area contributed by atoms with Crippen LogP contribution in [0, 0.1) is 11.6 Å². The van der Waals surface area contributed by atoms with Gasteiger partial charge in [0.25, 0.3) is 0 Å². The third-order valence-electron chi connectivity index (χ3n) is 4.20. The van der Waals surface area contributed by atoms with Crippen molar-refractivity contribution in [3.63, 3.8) is 0 Å². The van der Waals surface area contributed by atoms with Gasteiger partial charge in [0, 0.05) is 17.8 Å². The van der Waals surface area contributed by atoms with Gasteiger partial charge in [-0.25, -0.2) is 18.8 Å². The van der Waals surface area contributed by atoms with Crippen molar-refractivity contribution in [2.45, 2.75) is 5.60 Å². The monoisotopic (exact) mass is 337 g/mol. The van der Waals surface area contributed by atoms with Gasteiger partial charge in [-0.1, -0.05) is 12.3 Å². The number of ether oxygens (including phenoxy) is 1. The van der Waals surface area contributed by atoms with Crippen molar-refractivity contribution in [3.8, 4) is 0 Å². The van der Waals surface area contributed by atoms with Crippen molar-refractivity contribution in [2.75, 3.05) is 11.5 Å². The summed E-state index contributed by atoms with van der Waals surface area (Å²) >= 11 is 0. The topological polar surface area (TPSA) is 41.0 Å². The van der Waals surface area contributed by atoms with Crippen molar-refractivity contribution >= 4 is 17.7 Å². The molecule has 124 valence electrons. The Labute approximate surface area is 143 Å². The lowest BCUT2D eigenvalue weighted by Gasteiger charge is -2.18. The lowest BCUT2D eigenvalue weighted by molar-refractivity contribution is 0.357. The van der Waals surface area contributed by atoms with Gasteiger partial charge in [0.1, 0.15) is 29.4 Å². The van der Waals surface area contributed by atoms with Crippen LogP contribution in [0.15, 0.2) is 66.2 Å². The fourth-order valence-corrected chi connectivity index (χ4v) is 2.75. The molecule has 1 aromatic heterocycles. The van der Waals surface area contributed by atoms with Crippen LogP contribution in [0.5, 0.6) is 0 Å². The highest BCUT2D eigenvalue weighted by atomic mass is 19.1. The van der Waals surface area contributed by atoms with E-state index in [1.54, 1.807) is 35.9 Å². The van der Waals surface area contributed by atoms with E-state index in [2.05, 4.69) is 22.3 Å². The summed E-state index contributed by atoms with van der Waals surface area (Å²) in [5.74, 6) is -0.608. The first-order valence-corrected chi connectivity index (χ1v) is 7.58. The lowest BCUT2D eigenvalue weighted by Crippen LogP contribution is -2.16. The highest BCUT2D eigenvalue weighted by Gasteiger charge is 2.51. The highest BCUT2D eigenvalue weighted by Crippen LogP contribution is 2.49. The number of rotatable bonds is 4. The van der Waals surface area contributed by atoms with Crippen LogP contribution in [0.1, 0.15) is 11.1 Å². The second-order valence-electron chi connectivity index (χ2n) is 5.72. The minimum atomic E-state index is -0.962. The van der Waals surface area contributed by atoms with E-state index in [0.717, 1.165) is 11.6 Å². The number of nitrogens with zero attached hydrogens (tertiary/aromatic N) is 3. The maximum Gasteiger partial charge on any atom is 0.144 e. The highest BCUT2D eigenvalue weighted by molar-refractivity contribution is 5.81. The minimum absolute atomic E-state index is 0.277. The molecule has 1 atom stereocenters. The van der Waals surface area contributed by atoms with Gasteiger partial charge in [-0.15, -0.1) is 0 Å².